The molecule has 22 heavy (non-hydrogen) atoms. The fourth-order valence-electron chi connectivity index (χ4n) is 2.35. The molecule has 0 unspecified atom stereocenters. The Kier molecular flexibility index (Phi) is 5.76. The molecule has 0 aliphatic carbocycles. The lowest BCUT2D eigenvalue weighted by molar-refractivity contribution is -0.126. The first-order valence-electron chi connectivity index (χ1n) is 7.29. The van der Waals surface area contributed by atoms with E-state index in [0.29, 0.717) is 35.8 Å². The van der Waals surface area contributed by atoms with E-state index in [2.05, 4.69) is 10.6 Å². The lowest BCUT2D eigenvalue weighted by Gasteiger charge is -2.15. The van der Waals surface area contributed by atoms with Gasteiger partial charge in [-0.25, -0.2) is 0 Å². The number of nitrogens with one attached hydrogen (secondary N) is 2. The van der Waals surface area contributed by atoms with Crippen molar-refractivity contribution in [1.29, 1.82) is 0 Å². The Hall–Kier alpha value is -1.63. The Morgan fingerprint density at radius 2 is 2.18 bits per heavy atom. The van der Waals surface area contributed by atoms with Gasteiger partial charge in [-0.1, -0.05) is 11.6 Å². The molecule has 0 aromatic heterocycles. The fourth-order valence-corrected chi connectivity index (χ4v) is 2.53. The highest BCUT2D eigenvalue weighted by Crippen LogP contribution is 2.24. The van der Waals surface area contributed by atoms with Crippen LogP contribution in [0, 0.1) is 0 Å². The molecular formula is C15H20ClN3O3. The maximum Gasteiger partial charge on any atom is 0.253 e. The van der Waals surface area contributed by atoms with Crippen molar-refractivity contribution in [2.24, 2.45) is 5.73 Å². The summed E-state index contributed by atoms with van der Waals surface area (Å²) in [5.41, 5.74) is 6.28. The van der Waals surface area contributed by atoms with Crippen LogP contribution in [-0.4, -0.2) is 37.1 Å². The van der Waals surface area contributed by atoms with Gasteiger partial charge in [-0.15, -0.1) is 0 Å². The van der Waals surface area contributed by atoms with Crippen molar-refractivity contribution in [3.05, 3.63) is 28.8 Å². The second-order valence-electron chi connectivity index (χ2n) is 5.10. The number of benzene rings is 1. The molecule has 1 fully saturated rings. The highest BCUT2D eigenvalue weighted by molar-refractivity contribution is 6.31. The monoisotopic (exact) mass is 325 g/mol. The third-order valence-electron chi connectivity index (χ3n) is 3.48. The lowest BCUT2D eigenvalue weighted by atomic mass is 10.1. The summed E-state index contributed by atoms with van der Waals surface area (Å²) in [4.78, 5) is 24.3. The van der Waals surface area contributed by atoms with E-state index in [1.807, 2.05) is 6.92 Å². The van der Waals surface area contributed by atoms with Crippen LogP contribution in [0.5, 0.6) is 0 Å². The number of anilines is 1. The number of amides is 2. The topological polar surface area (TPSA) is 93.5 Å². The summed E-state index contributed by atoms with van der Waals surface area (Å²) in [5, 5.41) is 5.86. The van der Waals surface area contributed by atoms with Crippen LogP contribution >= 0.6 is 11.6 Å². The Morgan fingerprint density at radius 3 is 2.82 bits per heavy atom. The van der Waals surface area contributed by atoms with Crippen LogP contribution in [0.15, 0.2) is 18.2 Å². The zero-order valence-electron chi connectivity index (χ0n) is 12.4. The van der Waals surface area contributed by atoms with Gasteiger partial charge in [0.05, 0.1) is 17.4 Å². The molecule has 1 aliphatic rings. The van der Waals surface area contributed by atoms with Gasteiger partial charge in [0.15, 0.2) is 0 Å². The molecule has 2 atom stereocenters. The predicted molar refractivity (Wildman–Crippen MR) is 85.0 cm³/mol. The quantitative estimate of drug-likeness (QED) is 0.765. The fraction of sp³-hybridized carbons (Fsp3) is 0.467. The van der Waals surface area contributed by atoms with Crippen molar-refractivity contribution in [3.8, 4) is 0 Å². The molecule has 1 aromatic rings. The zero-order chi connectivity index (χ0) is 16.1. The van der Waals surface area contributed by atoms with E-state index in [4.69, 9.17) is 22.1 Å². The van der Waals surface area contributed by atoms with E-state index in [-0.39, 0.29) is 17.9 Å². The first-order valence-corrected chi connectivity index (χ1v) is 7.67. The first kappa shape index (κ1) is 16.7. The Balaban J connectivity index is 2.12. The summed E-state index contributed by atoms with van der Waals surface area (Å²) in [6.45, 7) is 2.71. The van der Waals surface area contributed by atoms with Gasteiger partial charge < -0.3 is 21.1 Å². The molecule has 6 nitrogen and oxygen atoms in total. The maximum atomic E-state index is 12.3. The van der Waals surface area contributed by atoms with Gasteiger partial charge in [0.1, 0.15) is 6.10 Å². The predicted octanol–water partition coefficient (Wildman–Crippen LogP) is 1.53. The second-order valence-corrected chi connectivity index (χ2v) is 5.53. The van der Waals surface area contributed by atoms with Gasteiger partial charge in [0, 0.05) is 18.1 Å². The van der Waals surface area contributed by atoms with Gasteiger partial charge in [-0.3, -0.25) is 9.59 Å². The van der Waals surface area contributed by atoms with E-state index in [1.165, 1.54) is 6.07 Å². The molecule has 1 heterocycles. The molecule has 7 heteroatoms. The third kappa shape index (κ3) is 3.97. The second kappa shape index (κ2) is 7.58. The van der Waals surface area contributed by atoms with Crippen molar-refractivity contribution in [3.63, 3.8) is 0 Å². The minimum absolute atomic E-state index is 0.0798. The lowest BCUT2D eigenvalue weighted by Crippen LogP contribution is -2.31. The summed E-state index contributed by atoms with van der Waals surface area (Å²) >= 11 is 5.93. The molecule has 2 rings (SSSR count). The number of ether oxygens (including phenoxy) is 1. The number of hydrogen-bond donors (Lipinski definition) is 3. The molecule has 2 amide bonds. The average Bonchev–Trinajstić information content (AvgIpc) is 2.98. The van der Waals surface area contributed by atoms with E-state index in [9.17, 15) is 9.59 Å². The number of carbonyl (C=O) groups is 2. The molecule has 120 valence electrons. The smallest absolute Gasteiger partial charge is 0.253 e. The largest absolute Gasteiger partial charge is 0.364 e. The normalized spacial score (nSPS) is 20.7. The van der Waals surface area contributed by atoms with Crippen LogP contribution in [-0.2, 0) is 9.53 Å². The van der Waals surface area contributed by atoms with Crippen molar-refractivity contribution in [2.75, 3.05) is 18.4 Å². The number of hydrogen-bond acceptors (Lipinski definition) is 4. The Labute approximate surface area is 134 Å². The Morgan fingerprint density at radius 1 is 1.41 bits per heavy atom. The van der Waals surface area contributed by atoms with Gasteiger partial charge in [0.2, 0.25) is 0 Å². The van der Waals surface area contributed by atoms with Gasteiger partial charge in [0.25, 0.3) is 11.8 Å². The van der Waals surface area contributed by atoms with Gasteiger partial charge in [-0.05, 0) is 38.0 Å². The van der Waals surface area contributed by atoms with Crippen LogP contribution < -0.4 is 16.4 Å². The van der Waals surface area contributed by atoms with Crippen LogP contribution in [0.3, 0.4) is 0 Å². The SMILES string of the molecule is CCNC(=O)c1cc(Cl)ccc1NC(=O)[C@@H]1CC[C@H](CN)O1. The highest BCUT2D eigenvalue weighted by atomic mass is 35.5. The number of rotatable bonds is 5. The van der Waals surface area contributed by atoms with Gasteiger partial charge >= 0.3 is 0 Å². The summed E-state index contributed by atoms with van der Waals surface area (Å²) in [6.07, 6.45) is 0.769. The zero-order valence-corrected chi connectivity index (χ0v) is 13.2. The molecular weight excluding hydrogens is 306 g/mol. The number of carbonyl (C=O) groups excluding carboxylic acids is 2. The van der Waals surface area contributed by atoms with E-state index in [1.54, 1.807) is 12.1 Å². The highest BCUT2D eigenvalue weighted by Gasteiger charge is 2.30. The maximum absolute atomic E-state index is 12.3. The van der Waals surface area contributed by atoms with Crippen LogP contribution in [0.1, 0.15) is 30.1 Å². The Bertz CT molecular complexity index is 565. The van der Waals surface area contributed by atoms with Crippen LogP contribution in [0.2, 0.25) is 5.02 Å². The van der Waals surface area contributed by atoms with Gasteiger partial charge in [-0.2, -0.15) is 0 Å². The van der Waals surface area contributed by atoms with Crippen molar-refractivity contribution in [1.82, 2.24) is 5.32 Å². The minimum atomic E-state index is -0.536. The van der Waals surface area contributed by atoms with Crippen LogP contribution in [0.4, 0.5) is 5.69 Å². The molecule has 0 bridgehead atoms. The first-order chi connectivity index (χ1) is 10.5. The van der Waals surface area contributed by atoms with E-state index in [0.717, 1.165) is 6.42 Å². The summed E-state index contributed by atoms with van der Waals surface area (Å²) in [5.74, 6) is -0.559. The summed E-state index contributed by atoms with van der Waals surface area (Å²) in [7, 11) is 0. The molecule has 0 spiro atoms. The van der Waals surface area contributed by atoms with E-state index >= 15 is 0 Å². The van der Waals surface area contributed by atoms with Crippen molar-refractivity contribution >= 4 is 29.1 Å². The molecule has 1 aromatic carbocycles. The van der Waals surface area contributed by atoms with Crippen molar-refractivity contribution < 1.29 is 14.3 Å². The molecule has 1 aliphatic heterocycles. The standard InChI is InChI=1S/C15H20ClN3O3/c1-2-18-14(20)11-7-9(16)3-5-12(11)19-15(21)13-6-4-10(8-17)22-13/h3,5,7,10,13H,2,4,6,8,17H2,1H3,(H,18,20)(H,19,21)/t10-,13+/m1/s1. The number of halogens is 1. The van der Waals surface area contributed by atoms with E-state index < -0.39 is 6.10 Å². The molecule has 4 N–H and O–H groups in total. The molecule has 0 radical (unpaired) electrons. The van der Waals surface area contributed by atoms with Crippen LogP contribution in [0.25, 0.3) is 0 Å². The summed E-state index contributed by atoms with van der Waals surface area (Å²) < 4.78 is 5.55. The summed E-state index contributed by atoms with van der Waals surface area (Å²) in [6, 6.07) is 4.76. The van der Waals surface area contributed by atoms with Crippen molar-refractivity contribution in [2.45, 2.75) is 32.0 Å². The minimum Gasteiger partial charge on any atom is -0.364 e. The number of nitrogens with two attached hydrogens (primary N) is 1. The average molecular weight is 326 g/mol. The molecule has 1 saturated heterocycles. The molecule has 0 saturated carbocycles. The third-order valence-corrected chi connectivity index (χ3v) is 3.72.